The molecule has 1 rings (SSSR count). The highest BCUT2D eigenvalue weighted by molar-refractivity contribution is 6.33. The van der Waals surface area contributed by atoms with Crippen LogP contribution in [0, 0.1) is 6.92 Å². The molecule has 0 aliphatic carbocycles. The Morgan fingerprint density at radius 3 is 2.12 bits per heavy atom. The van der Waals surface area contributed by atoms with Crippen LogP contribution in [0.1, 0.15) is 29.8 Å². The largest absolute Gasteiger partial charge is 0.398 e. The number of nitrogens with two attached hydrogens (primary N) is 1. The number of hydrogen-bond acceptors (Lipinski definition) is 3. The van der Waals surface area contributed by atoms with Crippen LogP contribution >= 0.6 is 11.6 Å². The number of carbonyl (C=O) groups is 1. The third-order valence-electron chi connectivity index (χ3n) is 1.51. The molecule has 0 radical (unpaired) electrons. The van der Waals surface area contributed by atoms with Crippen molar-refractivity contribution in [3.8, 4) is 0 Å². The van der Waals surface area contributed by atoms with Crippen molar-refractivity contribution in [3.63, 3.8) is 0 Å². The van der Waals surface area contributed by atoms with Crippen LogP contribution < -0.4 is 5.73 Å². The summed E-state index contributed by atoms with van der Waals surface area (Å²) in [5, 5.41) is 0.451. The van der Waals surface area contributed by atoms with Gasteiger partial charge in [-0.15, -0.1) is 0 Å². The number of anilines is 1. The maximum atomic E-state index is 10.4. The Bertz CT molecular complexity index is 314. The first-order chi connectivity index (χ1) is 7.56. The van der Waals surface area contributed by atoms with Gasteiger partial charge in [-0.25, -0.2) is 0 Å². The molecule has 0 fully saturated rings. The lowest BCUT2D eigenvalue weighted by molar-refractivity contribution is 0.112. The minimum Gasteiger partial charge on any atom is -0.398 e. The lowest BCUT2D eigenvalue weighted by atomic mass is 10.1. The second-order valence-electron chi connectivity index (χ2n) is 2.76. The van der Waals surface area contributed by atoms with E-state index in [4.69, 9.17) is 17.3 Å². The van der Waals surface area contributed by atoms with Gasteiger partial charge in [0.15, 0.2) is 6.29 Å². The molecule has 3 nitrogen and oxygen atoms in total. The summed E-state index contributed by atoms with van der Waals surface area (Å²) in [5.41, 5.74) is 7.47. The van der Waals surface area contributed by atoms with Gasteiger partial charge in [-0.05, 0) is 24.6 Å². The summed E-state index contributed by atoms with van der Waals surface area (Å²) in [6.45, 7) is 5.84. The predicted octanol–water partition coefficient (Wildman–Crippen LogP) is 3.33. The second-order valence-corrected chi connectivity index (χ2v) is 3.16. The molecule has 0 atom stereocenters. The molecule has 0 spiro atoms. The van der Waals surface area contributed by atoms with Gasteiger partial charge in [0.1, 0.15) is 0 Å². The summed E-state index contributed by atoms with van der Waals surface area (Å²) in [6.07, 6.45) is 0.693. The average molecular weight is 246 g/mol. The van der Waals surface area contributed by atoms with E-state index < -0.39 is 0 Å². The van der Waals surface area contributed by atoms with Crippen LogP contribution in [0.2, 0.25) is 5.02 Å². The molecule has 1 aromatic carbocycles. The van der Waals surface area contributed by atoms with Crippen LogP contribution in [-0.4, -0.2) is 20.5 Å². The average Bonchev–Trinajstić information content (AvgIpc) is 2.27. The van der Waals surface area contributed by atoms with Gasteiger partial charge in [0.25, 0.3) is 0 Å². The first kappa shape index (κ1) is 17.3. The van der Waals surface area contributed by atoms with Crippen molar-refractivity contribution in [1.82, 2.24) is 0 Å². The summed E-state index contributed by atoms with van der Waals surface area (Å²) < 4.78 is 4.25. The highest BCUT2D eigenvalue weighted by Gasteiger charge is 2.01. The van der Waals surface area contributed by atoms with Gasteiger partial charge in [-0.2, -0.15) is 0 Å². The van der Waals surface area contributed by atoms with Gasteiger partial charge < -0.3 is 10.5 Å². The first-order valence-electron chi connectivity index (χ1n) is 4.97. The number of carbonyl (C=O) groups excluding carboxylic acids is 1. The zero-order valence-corrected chi connectivity index (χ0v) is 11.3. The number of nitrogen functional groups attached to an aromatic ring is 1. The lowest BCUT2D eigenvalue weighted by Crippen LogP contribution is -1.92. The lowest BCUT2D eigenvalue weighted by Gasteiger charge is -2.01. The molecule has 2 N–H and O–H groups in total. The maximum Gasteiger partial charge on any atom is 0.151 e. The summed E-state index contributed by atoms with van der Waals surface area (Å²) in [7, 11) is 3.25. The molecule has 0 aliphatic rings. The van der Waals surface area contributed by atoms with E-state index in [1.165, 1.54) is 0 Å². The van der Waals surface area contributed by atoms with Crippen LogP contribution in [0.3, 0.4) is 0 Å². The normalized spacial score (nSPS) is 8.12. The Balaban J connectivity index is 0. The summed E-state index contributed by atoms with van der Waals surface area (Å²) in [6, 6.07) is 3.26. The number of aldehydes is 1. The standard InChI is InChI=1S/C8H8ClNO.C2H6O.C2H6/c1-5-2-7(9)6(4-11)3-8(5)10;1-3-2;1-2/h2-4H,10H2,1H3;1-2H3;1-2H3. The Hall–Kier alpha value is -1.06. The van der Waals surface area contributed by atoms with Gasteiger partial charge in [0.2, 0.25) is 0 Å². The molecule has 0 aliphatic heterocycles. The first-order valence-corrected chi connectivity index (χ1v) is 5.35. The molecule has 4 heteroatoms. The highest BCUT2D eigenvalue weighted by Crippen LogP contribution is 2.20. The second kappa shape index (κ2) is 10.5. The zero-order chi connectivity index (χ0) is 13.1. The van der Waals surface area contributed by atoms with Gasteiger partial charge >= 0.3 is 0 Å². The summed E-state index contributed by atoms with van der Waals surface area (Å²) in [5.74, 6) is 0. The van der Waals surface area contributed by atoms with Gasteiger partial charge in [-0.1, -0.05) is 25.4 Å². The summed E-state index contributed by atoms with van der Waals surface area (Å²) >= 11 is 5.71. The maximum absolute atomic E-state index is 10.4. The Morgan fingerprint density at radius 2 is 1.75 bits per heavy atom. The van der Waals surface area contributed by atoms with E-state index in [9.17, 15) is 4.79 Å². The monoisotopic (exact) mass is 245 g/mol. The number of methoxy groups -OCH3 is 1. The number of benzene rings is 1. The Labute approximate surface area is 103 Å². The van der Waals surface area contributed by atoms with Crippen LogP contribution in [0.15, 0.2) is 12.1 Å². The molecule has 0 unspecified atom stereocenters. The van der Waals surface area contributed by atoms with Crippen molar-refractivity contribution in [2.24, 2.45) is 0 Å². The fourth-order valence-electron chi connectivity index (χ4n) is 0.797. The van der Waals surface area contributed by atoms with Crippen molar-refractivity contribution >= 4 is 23.6 Å². The van der Waals surface area contributed by atoms with Crippen LogP contribution in [0.25, 0.3) is 0 Å². The molecule has 0 heterocycles. The number of rotatable bonds is 1. The fourth-order valence-corrected chi connectivity index (χ4v) is 1.06. The third-order valence-corrected chi connectivity index (χ3v) is 1.84. The smallest absolute Gasteiger partial charge is 0.151 e. The van der Waals surface area contributed by atoms with Crippen molar-refractivity contribution in [2.45, 2.75) is 20.8 Å². The quantitative estimate of drug-likeness (QED) is 0.610. The molecular formula is C12H20ClNO2. The number of hydrogen-bond donors (Lipinski definition) is 1. The fraction of sp³-hybridized carbons (Fsp3) is 0.417. The third kappa shape index (κ3) is 6.43. The van der Waals surface area contributed by atoms with E-state index in [2.05, 4.69) is 4.74 Å². The Kier molecular flexibility index (Phi) is 11.3. The van der Waals surface area contributed by atoms with E-state index in [0.29, 0.717) is 22.6 Å². The van der Waals surface area contributed by atoms with Crippen LogP contribution in [0.4, 0.5) is 5.69 Å². The van der Waals surface area contributed by atoms with Gasteiger partial charge in [0, 0.05) is 25.5 Å². The van der Waals surface area contributed by atoms with Crippen LogP contribution in [-0.2, 0) is 4.74 Å². The van der Waals surface area contributed by atoms with Gasteiger partial charge in [-0.3, -0.25) is 4.79 Å². The number of halogens is 1. The van der Waals surface area contributed by atoms with Crippen molar-refractivity contribution in [2.75, 3.05) is 20.0 Å². The number of ether oxygens (including phenoxy) is 1. The number of aryl methyl sites for hydroxylation is 1. The summed E-state index contributed by atoms with van der Waals surface area (Å²) in [4.78, 5) is 10.4. The Morgan fingerprint density at radius 1 is 1.31 bits per heavy atom. The predicted molar refractivity (Wildman–Crippen MR) is 70.3 cm³/mol. The molecule has 92 valence electrons. The molecule has 0 amide bonds. The van der Waals surface area contributed by atoms with E-state index >= 15 is 0 Å². The molecular weight excluding hydrogens is 226 g/mol. The van der Waals surface area contributed by atoms with E-state index in [-0.39, 0.29) is 0 Å². The highest BCUT2D eigenvalue weighted by atomic mass is 35.5. The molecule has 0 bridgehead atoms. The zero-order valence-electron chi connectivity index (χ0n) is 10.5. The van der Waals surface area contributed by atoms with Crippen LogP contribution in [0.5, 0.6) is 0 Å². The van der Waals surface area contributed by atoms with Crippen molar-refractivity contribution in [3.05, 3.63) is 28.3 Å². The van der Waals surface area contributed by atoms with E-state index in [1.807, 2.05) is 20.8 Å². The molecule has 0 saturated heterocycles. The molecule has 0 saturated carbocycles. The van der Waals surface area contributed by atoms with E-state index in [1.54, 1.807) is 26.4 Å². The topological polar surface area (TPSA) is 52.3 Å². The van der Waals surface area contributed by atoms with Gasteiger partial charge in [0.05, 0.1) is 5.02 Å². The van der Waals surface area contributed by atoms with Crippen molar-refractivity contribution in [1.29, 1.82) is 0 Å². The van der Waals surface area contributed by atoms with E-state index in [0.717, 1.165) is 5.56 Å². The SMILES string of the molecule is CC.COC.Cc1cc(Cl)c(C=O)cc1N. The molecule has 0 aromatic heterocycles. The van der Waals surface area contributed by atoms with Crippen molar-refractivity contribution < 1.29 is 9.53 Å². The molecule has 1 aromatic rings. The minimum absolute atomic E-state index is 0.440. The minimum atomic E-state index is 0.440. The molecule has 16 heavy (non-hydrogen) atoms.